The molecule has 0 aromatic heterocycles. The van der Waals surface area contributed by atoms with Gasteiger partial charge in [-0.3, -0.25) is 0 Å². The van der Waals surface area contributed by atoms with E-state index >= 15 is 0 Å². The van der Waals surface area contributed by atoms with Crippen molar-refractivity contribution >= 4 is 24.4 Å². The molecular weight excluding hydrogens is 160 g/mol. The van der Waals surface area contributed by atoms with Gasteiger partial charge >= 0.3 is 0 Å². The largest absolute Gasteiger partial charge is 0.175 e. The van der Waals surface area contributed by atoms with E-state index in [2.05, 4.69) is 31.3 Å². The second kappa shape index (κ2) is 4.55. The Bertz CT molecular complexity index is 91.3. The van der Waals surface area contributed by atoms with Crippen molar-refractivity contribution in [3.05, 3.63) is 0 Å². The highest BCUT2D eigenvalue weighted by atomic mass is 32.2. The van der Waals surface area contributed by atoms with Crippen LogP contribution in [-0.4, -0.2) is 16.3 Å². The van der Waals surface area contributed by atoms with E-state index in [0.29, 0.717) is 5.25 Å². The lowest BCUT2D eigenvalue weighted by Crippen LogP contribution is -2.22. The van der Waals surface area contributed by atoms with Crippen LogP contribution in [0.5, 0.6) is 0 Å². The molecule has 0 aromatic carbocycles. The molecule has 1 aliphatic rings. The summed E-state index contributed by atoms with van der Waals surface area (Å²) in [5.41, 5.74) is 0. The van der Waals surface area contributed by atoms with Gasteiger partial charge in [-0.2, -0.15) is 24.4 Å². The fraction of sp³-hybridized carbons (Fsp3) is 1.00. The van der Waals surface area contributed by atoms with Crippen molar-refractivity contribution in [1.29, 1.82) is 0 Å². The predicted molar refractivity (Wildman–Crippen MR) is 53.2 cm³/mol. The van der Waals surface area contributed by atoms with Crippen LogP contribution in [0.25, 0.3) is 0 Å². The molecule has 1 rings (SSSR count). The van der Waals surface area contributed by atoms with Crippen LogP contribution >= 0.6 is 24.4 Å². The Labute approximate surface area is 73.6 Å². The normalized spacial score (nSPS) is 34.2. The van der Waals surface area contributed by atoms with Gasteiger partial charge in [0, 0.05) is 10.5 Å². The van der Waals surface area contributed by atoms with Gasteiger partial charge in [-0.15, -0.1) is 0 Å². The standard InChI is InChI=1S/C8H16S2/c1-2-10-8-6-4-3-5-7(8)9/h7-9H,2-6H2,1H3. The summed E-state index contributed by atoms with van der Waals surface area (Å²) in [6.07, 6.45) is 5.55. The van der Waals surface area contributed by atoms with E-state index in [4.69, 9.17) is 0 Å². The zero-order valence-corrected chi connectivity index (χ0v) is 8.26. The van der Waals surface area contributed by atoms with Crippen molar-refractivity contribution in [3.8, 4) is 0 Å². The van der Waals surface area contributed by atoms with Crippen molar-refractivity contribution in [1.82, 2.24) is 0 Å². The predicted octanol–water partition coefficient (Wildman–Crippen LogP) is 2.98. The maximum absolute atomic E-state index is 4.57. The zero-order valence-electron chi connectivity index (χ0n) is 6.55. The Morgan fingerprint density at radius 1 is 1.40 bits per heavy atom. The fourth-order valence-corrected chi connectivity index (χ4v) is 3.20. The summed E-state index contributed by atoms with van der Waals surface area (Å²) in [5, 5.41) is 1.53. The van der Waals surface area contributed by atoms with Gasteiger partial charge in [0.05, 0.1) is 0 Å². The lowest BCUT2D eigenvalue weighted by molar-refractivity contribution is 0.530. The van der Waals surface area contributed by atoms with Crippen LogP contribution in [0.3, 0.4) is 0 Å². The first-order chi connectivity index (χ1) is 4.84. The first-order valence-electron chi connectivity index (χ1n) is 4.14. The maximum Gasteiger partial charge on any atom is 0.0163 e. The van der Waals surface area contributed by atoms with E-state index in [1.54, 1.807) is 0 Å². The molecule has 0 spiro atoms. The minimum absolute atomic E-state index is 0.679. The fourth-order valence-electron chi connectivity index (χ4n) is 1.49. The minimum Gasteiger partial charge on any atom is -0.175 e. The Balaban J connectivity index is 2.25. The Morgan fingerprint density at radius 3 is 2.70 bits per heavy atom. The first kappa shape index (κ1) is 8.79. The smallest absolute Gasteiger partial charge is 0.0163 e. The number of hydrogen-bond donors (Lipinski definition) is 1. The maximum atomic E-state index is 4.57. The third-order valence-electron chi connectivity index (χ3n) is 2.05. The van der Waals surface area contributed by atoms with Crippen LogP contribution in [0.1, 0.15) is 32.6 Å². The number of thiol groups is 1. The highest BCUT2D eigenvalue weighted by Gasteiger charge is 2.21. The number of thioether (sulfide) groups is 1. The molecule has 1 aliphatic carbocycles. The number of hydrogen-bond acceptors (Lipinski definition) is 2. The third-order valence-corrected chi connectivity index (χ3v) is 4.19. The highest BCUT2D eigenvalue weighted by molar-refractivity contribution is 8.00. The summed E-state index contributed by atoms with van der Waals surface area (Å²) in [6.45, 7) is 2.24. The molecule has 10 heavy (non-hydrogen) atoms. The molecule has 0 aromatic rings. The average Bonchev–Trinajstić information content (AvgIpc) is 1.94. The van der Waals surface area contributed by atoms with E-state index in [-0.39, 0.29) is 0 Å². The molecule has 2 atom stereocenters. The molecule has 0 saturated heterocycles. The topological polar surface area (TPSA) is 0 Å². The highest BCUT2D eigenvalue weighted by Crippen LogP contribution is 2.31. The van der Waals surface area contributed by atoms with Crippen LogP contribution < -0.4 is 0 Å². The third kappa shape index (κ3) is 2.39. The lowest BCUT2D eigenvalue weighted by atomic mass is 10.00. The van der Waals surface area contributed by atoms with Gasteiger partial charge in [-0.25, -0.2) is 0 Å². The van der Waals surface area contributed by atoms with Gasteiger partial charge in [-0.05, 0) is 18.6 Å². The first-order valence-corrected chi connectivity index (χ1v) is 5.70. The van der Waals surface area contributed by atoms with E-state index in [9.17, 15) is 0 Å². The molecule has 60 valence electrons. The van der Waals surface area contributed by atoms with Crippen molar-refractivity contribution in [2.75, 3.05) is 5.75 Å². The zero-order chi connectivity index (χ0) is 7.40. The Hall–Kier alpha value is 0.700. The van der Waals surface area contributed by atoms with Gasteiger partial charge in [0.25, 0.3) is 0 Å². The quantitative estimate of drug-likeness (QED) is 0.631. The molecule has 0 aliphatic heterocycles. The van der Waals surface area contributed by atoms with Crippen molar-refractivity contribution in [2.24, 2.45) is 0 Å². The molecule has 0 radical (unpaired) electrons. The van der Waals surface area contributed by atoms with E-state index in [1.165, 1.54) is 31.4 Å². The minimum atomic E-state index is 0.679. The molecule has 1 fully saturated rings. The molecule has 0 heterocycles. The summed E-state index contributed by atoms with van der Waals surface area (Å²) in [4.78, 5) is 0. The molecule has 0 N–H and O–H groups in total. The second-order valence-electron chi connectivity index (χ2n) is 2.85. The van der Waals surface area contributed by atoms with Gasteiger partial charge in [-0.1, -0.05) is 19.8 Å². The van der Waals surface area contributed by atoms with Gasteiger partial charge in [0.2, 0.25) is 0 Å². The summed E-state index contributed by atoms with van der Waals surface area (Å²) in [5.74, 6) is 1.25. The molecule has 2 heteroatoms. The van der Waals surface area contributed by atoms with Crippen molar-refractivity contribution in [3.63, 3.8) is 0 Å². The second-order valence-corrected chi connectivity index (χ2v) is 5.03. The Kier molecular flexibility index (Phi) is 4.00. The van der Waals surface area contributed by atoms with Crippen LogP contribution in [0.4, 0.5) is 0 Å². The monoisotopic (exact) mass is 176 g/mol. The van der Waals surface area contributed by atoms with E-state index in [0.717, 1.165) is 5.25 Å². The number of rotatable bonds is 2. The lowest BCUT2D eigenvalue weighted by Gasteiger charge is -2.26. The summed E-state index contributed by atoms with van der Waals surface area (Å²) < 4.78 is 0. The molecule has 1 saturated carbocycles. The summed E-state index contributed by atoms with van der Waals surface area (Å²) in [7, 11) is 0. The van der Waals surface area contributed by atoms with E-state index in [1.807, 2.05) is 0 Å². The van der Waals surface area contributed by atoms with Crippen LogP contribution in [0.15, 0.2) is 0 Å². The van der Waals surface area contributed by atoms with Crippen molar-refractivity contribution in [2.45, 2.75) is 43.1 Å². The SMILES string of the molecule is CCSC1CCCCC1S. The van der Waals surface area contributed by atoms with E-state index < -0.39 is 0 Å². The van der Waals surface area contributed by atoms with Crippen molar-refractivity contribution < 1.29 is 0 Å². The van der Waals surface area contributed by atoms with Gasteiger partial charge < -0.3 is 0 Å². The molecule has 2 unspecified atom stereocenters. The molecule has 0 nitrogen and oxygen atoms in total. The molecule has 0 amide bonds. The molecule has 0 bridgehead atoms. The van der Waals surface area contributed by atoms with Crippen LogP contribution in [-0.2, 0) is 0 Å². The van der Waals surface area contributed by atoms with Crippen LogP contribution in [0, 0.1) is 0 Å². The molecular formula is C8H16S2. The summed E-state index contributed by atoms with van der Waals surface area (Å²) in [6, 6.07) is 0. The van der Waals surface area contributed by atoms with Gasteiger partial charge in [0.15, 0.2) is 0 Å². The Morgan fingerprint density at radius 2 is 2.10 bits per heavy atom. The van der Waals surface area contributed by atoms with Gasteiger partial charge in [0.1, 0.15) is 0 Å². The average molecular weight is 176 g/mol. The summed E-state index contributed by atoms with van der Waals surface area (Å²) >= 11 is 6.65. The van der Waals surface area contributed by atoms with Crippen LogP contribution in [0.2, 0.25) is 0 Å².